The van der Waals surface area contributed by atoms with Crippen LogP contribution < -0.4 is 14.8 Å². The van der Waals surface area contributed by atoms with Crippen LogP contribution in [0.2, 0.25) is 0 Å². The molecule has 1 aromatic heterocycles. The molecule has 2 aromatic carbocycles. The number of hydrogen-bond acceptors (Lipinski definition) is 4. The highest BCUT2D eigenvalue weighted by Gasteiger charge is 2.14. The SMILES string of the molecule is C[C@H](NCc1cccc(Cn2cccn2)c1)c1ccc2c(c1)OCCO2. The summed E-state index contributed by atoms with van der Waals surface area (Å²) in [5, 5.41) is 7.86. The summed E-state index contributed by atoms with van der Waals surface area (Å²) >= 11 is 0. The molecule has 0 unspecified atom stereocenters. The van der Waals surface area contributed by atoms with E-state index in [1.54, 1.807) is 6.20 Å². The van der Waals surface area contributed by atoms with Gasteiger partial charge in [0.05, 0.1) is 6.54 Å². The van der Waals surface area contributed by atoms with Crippen molar-refractivity contribution in [2.45, 2.75) is 26.1 Å². The van der Waals surface area contributed by atoms with Gasteiger partial charge in [-0.25, -0.2) is 0 Å². The zero-order valence-corrected chi connectivity index (χ0v) is 14.9. The number of ether oxygens (including phenoxy) is 2. The monoisotopic (exact) mass is 349 g/mol. The number of aromatic nitrogens is 2. The average molecular weight is 349 g/mol. The van der Waals surface area contributed by atoms with Gasteiger partial charge in [0.1, 0.15) is 13.2 Å². The maximum Gasteiger partial charge on any atom is 0.161 e. The largest absolute Gasteiger partial charge is 0.486 e. The van der Waals surface area contributed by atoms with Crippen molar-refractivity contribution >= 4 is 0 Å². The quantitative estimate of drug-likeness (QED) is 0.739. The molecular formula is C21H23N3O2. The fourth-order valence-corrected chi connectivity index (χ4v) is 3.14. The third-order valence-electron chi connectivity index (χ3n) is 4.57. The molecule has 1 atom stereocenters. The van der Waals surface area contributed by atoms with Gasteiger partial charge in [-0.3, -0.25) is 4.68 Å². The molecule has 0 aliphatic carbocycles. The van der Waals surface area contributed by atoms with Crippen molar-refractivity contribution in [1.29, 1.82) is 0 Å². The Morgan fingerprint density at radius 3 is 2.73 bits per heavy atom. The summed E-state index contributed by atoms with van der Waals surface area (Å²) in [5.74, 6) is 1.67. The minimum atomic E-state index is 0.223. The second-order valence-electron chi connectivity index (χ2n) is 6.53. The minimum absolute atomic E-state index is 0.223. The topological polar surface area (TPSA) is 48.3 Å². The van der Waals surface area contributed by atoms with E-state index < -0.39 is 0 Å². The van der Waals surface area contributed by atoms with E-state index in [9.17, 15) is 0 Å². The molecule has 5 heteroatoms. The van der Waals surface area contributed by atoms with Crippen LogP contribution in [-0.2, 0) is 13.1 Å². The van der Waals surface area contributed by atoms with E-state index in [-0.39, 0.29) is 6.04 Å². The van der Waals surface area contributed by atoms with Crippen molar-refractivity contribution in [3.05, 3.63) is 77.6 Å². The maximum absolute atomic E-state index is 5.68. The molecule has 5 nitrogen and oxygen atoms in total. The van der Waals surface area contributed by atoms with E-state index in [1.807, 2.05) is 23.0 Å². The molecular weight excluding hydrogens is 326 g/mol. The highest BCUT2D eigenvalue weighted by molar-refractivity contribution is 5.44. The van der Waals surface area contributed by atoms with Crippen LogP contribution >= 0.6 is 0 Å². The number of nitrogens with zero attached hydrogens (tertiary/aromatic N) is 2. The van der Waals surface area contributed by atoms with Gasteiger partial charge in [-0.15, -0.1) is 0 Å². The van der Waals surface area contributed by atoms with E-state index in [4.69, 9.17) is 9.47 Å². The molecule has 134 valence electrons. The van der Waals surface area contributed by atoms with Crippen LogP contribution in [0.15, 0.2) is 60.9 Å². The molecule has 0 saturated heterocycles. The van der Waals surface area contributed by atoms with Gasteiger partial charge in [0.25, 0.3) is 0 Å². The van der Waals surface area contributed by atoms with Gasteiger partial charge in [-0.05, 0) is 41.8 Å². The fourth-order valence-electron chi connectivity index (χ4n) is 3.14. The van der Waals surface area contributed by atoms with Crippen molar-refractivity contribution in [2.24, 2.45) is 0 Å². The normalized spacial score (nSPS) is 14.2. The van der Waals surface area contributed by atoms with Crippen molar-refractivity contribution in [3.8, 4) is 11.5 Å². The molecule has 0 fully saturated rings. The zero-order valence-electron chi connectivity index (χ0n) is 14.9. The second-order valence-corrected chi connectivity index (χ2v) is 6.53. The second kappa shape index (κ2) is 7.62. The van der Waals surface area contributed by atoms with E-state index in [0.29, 0.717) is 13.2 Å². The van der Waals surface area contributed by atoms with Crippen LogP contribution in [0.5, 0.6) is 11.5 Å². The molecule has 0 amide bonds. The van der Waals surface area contributed by atoms with Gasteiger partial charge in [-0.1, -0.05) is 30.3 Å². The van der Waals surface area contributed by atoms with Gasteiger partial charge in [-0.2, -0.15) is 5.10 Å². The Bertz CT molecular complexity index is 861. The highest BCUT2D eigenvalue weighted by Crippen LogP contribution is 2.32. The molecule has 3 aromatic rings. The first-order valence-corrected chi connectivity index (χ1v) is 8.96. The number of benzene rings is 2. The van der Waals surface area contributed by atoms with Gasteiger partial charge in [0.2, 0.25) is 0 Å². The Labute approximate surface area is 153 Å². The first-order valence-electron chi connectivity index (χ1n) is 8.96. The van der Waals surface area contributed by atoms with Crippen LogP contribution in [0, 0.1) is 0 Å². The summed E-state index contributed by atoms with van der Waals surface area (Å²) in [4.78, 5) is 0. The Kier molecular flexibility index (Phi) is 4.88. The zero-order chi connectivity index (χ0) is 17.8. The lowest BCUT2D eigenvalue weighted by Crippen LogP contribution is -2.19. The van der Waals surface area contributed by atoms with Crippen molar-refractivity contribution in [2.75, 3.05) is 13.2 Å². The molecule has 0 spiro atoms. The molecule has 4 rings (SSSR count). The van der Waals surface area contributed by atoms with Gasteiger partial charge in [0, 0.05) is 25.0 Å². The summed E-state index contributed by atoms with van der Waals surface area (Å²) in [7, 11) is 0. The summed E-state index contributed by atoms with van der Waals surface area (Å²) in [5.41, 5.74) is 3.71. The predicted octanol–water partition coefficient (Wildman–Crippen LogP) is 3.55. The summed E-state index contributed by atoms with van der Waals surface area (Å²) in [6, 6.07) is 16.9. The Balaban J connectivity index is 1.39. The molecule has 2 heterocycles. The molecule has 0 radical (unpaired) electrons. The van der Waals surface area contributed by atoms with Crippen LogP contribution in [0.1, 0.15) is 29.7 Å². The van der Waals surface area contributed by atoms with Gasteiger partial charge >= 0.3 is 0 Å². The van der Waals surface area contributed by atoms with E-state index in [2.05, 4.69) is 53.7 Å². The van der Waals surface area contributed by atoms with Crippen LogP contribution in [0.4, 0.5) is 0 Å². The van der Waals surface area contributed by atoms with Crippen molar-refractivity contribution < 1.29 is 9.47 Å². The summed E-state index contributed by atoms with van der Waals surface area (Å²) < 4.78 is 13.2. The van der Waals surface area contributed by atoms with Crippen LogP contribution in [0.25, 0.3) is 0 Å². The third-order valence-corrected chi connectivity index (χ3v) is 4.57. The lowest BCUT2D eigenvalue weighted by atomic mass is 10.1. The van der Waals surface area contributed by atoms with Crippen LogP contribution in [-0.4, -0.2) is 23.0 Å². The number of nitrogens with one attached hydrogen (secondary N) is 1. The fraction of sp³-hybridized carbons (Fsp3) is 0.286. The lowest BCUT2D eigenvalue weighted by molar-refractivity contribution is 0.171. The average Bonchev–Trinajstić information content (AvgIpc) is 3.19. The Morgan fingerprint density at radius 1 is 1.04 bits per heavy atom. The lowest BCUT2D eigenvalue weighted by Gasteiger charge is -2.21. The van der Waals surface area contributed by atoms with E-state index in [1.165, 1.54) is 16.7 Å². The van der Waals surface area contributed by atoms with Crippen molar-refractivity contribution in [3.63, 3.8) is 0 Å². The molecule has 1 aliphatic rings. The first kappa shape index (κ1) is 16.7. The molecule has 1 aliphatic heterocycles. The first-order chi connectivity index (χ1) is 12.8. The van der Waals surface area contributed by atoms with E-state index in [0.717, 1.165) is 24.6 Å². The van der Waals surface area contributed by atoms with Crippen molar-refractivity contribution in [1.82, 2.24) is 15.1 Å². The third kappa shape index (κ3) is 3.89. The highest BCUT2D eigenvalue weighted by atomic mass is 16.6. The number of hydrogen-bond donors (Lipinski definition) is 1. The standard InChI is InChI=1S/C21H23N3O2/c1-16(19-6-7-20-21(13-19)26-11-10-25-20)22-14-17-4-2-5-18(12-17)15-24-9-3-8-23-24/h2-9,12-13,16,22H,10-11,14-15H2,1H3/t16-/m0/s1. The van der Waals surface area contributed by atoms with Gasteiger partial charge in [0.15, 0.2) is 11.5 Å². The maximum atomic E-state index is 5.68. The predicted molar refractivity (Wildman–Crippen MR) is 100 cm³/mol. The van der Waals surface area contributed by atoms with E-state index >= 15 is 0 Å². The Morgan fingerprint density at radius 2 is 1.88 bits per heavy atom. The smallest absolute Gasteiger partial charge is 0.161 e. The Hall–Kier alpha value is -2.79. The molecule has 0 saturated carbocycles. The summed E-state index contributed by atoms with van der Waals surface area (Å²) in [6.07, 6.45) is 3.79. The van der Waals surface area contributed by atoms with Gasteiger partial charge < -0.3 is 14.8 Å². The molecule has 1 N–H and O–H groups in total. The van der Waals surface area contributed by atoms with Crippen LogP contribution in [0.3, 0.4) is 0 Å². The molecule has 0 bridgehead atoms. The minimum Gasteiger partial charge on any atom is -0.486 e. The summed E-state index contributed by atoms with van der Waals surface area (Å²) in [6.45, 7) is 5.00. The molecule has 26 heavy (non-hydrogen) atoms. The number of rotatable bonds is 6. The number of fused-ring (bicyclic) bond motifs is 1.